The first kappa shape index (κ1) is 31.1. The molecule has 1 saturated carbocycles. The Bertz CT molecular complexity index is 1510. The molecule has 46 heavy (non-hydrogen) atoms. The van der Waals surface area contributed by atoms with Gasteiger partial charge in [-0.1, -0.05) is 73.9 Å². The molecule has 2 aromatic carbocycles. The van der Waals surface area contributed by atoms with Gasteiger partial charge in [-0.2, -0.15) is 0 Å². The fourth-order valence-corrected chi connectivity index (χ4v) is 10.5. The van der Waals surface area contributed by atoms with Crippen molar-refractivity contribution >= 4 is 35.2 Å². The topological polar surface area (TPSA) is 90.4 Å². The van der Waals surface area contributed by atoms with Crippen LogP contribution in [0, 0.1) is 11.8 Å². The van der Waals surface area contributed by atoms with Gasteiger partial charge < -0.3 is 24.5 Å². The SMILES string of the molecule is CCOc1ccc(N2CC=C[C@H]3S[C@]45C=CCN(C6CCCCC6)C(=O)C4N([C@@H](CO)Cc4ccccc4)C(=O)[C@@H]5[C@H]3C2=O)cc1. The van der Waals surface area contributed by atoms with E-state index < -0.39 is 28.7 Å². The molecule has 1 N–H and O–H groups in total. The van der Waals surface area contributed by atoms with Crippen molar-refractivity contribution in [1.29, 1.82) is 0 Å². The molecule has 4 heterocycles. The van der Waals surface area contributed by atoms with E-state index in [1.165, 1.54) is 6.42 Å². The minimum atomic E-state index is -0.918. The highest BCUT2D eigenvalue weighted by molar-refractivity contribution is 8.02. The summed E-state index contributed by atoms with van der Waals surface area (Å²) < 4.78 is 4.71. The van der Waals surface area contributed by atoms with Gasteiger partial charge in [0.15, 0.2) is 0 Å². The molecule has 5 aliphatic rings. The van der Waals surface area contributed by atoms with E-state index in [1.807, 2.05) is 72.5 Å². The number of fused-ring (bicyclic) bond motifs is 2. The number of amides is 3. The predicted molar refractivity (Wildman–Crippen MR) is 180 cm³/mol. The first-order valence-corrected chi connectivity index (χ1v) is 17.7. The van der Waals surface area contributed by atoms with E-state index in [0.29, 0.717) is 26.1 Å². The summed E-state index contributed by atoms with van der Waals surface area (Å²) in [7, 11) is 0. The molecule has 2 saturated heterocycles. The second-order valence-electron chi connectivity index (χ2n) is 13.1. The van der Waals surface area contributed by atoms with Crippen LogP contribution < -0.4 is 9.64 Å². The summed E-state index contributed by atoms with van der Waals surface area (Å²) in [6.45, 7) is 3.11. The van der Waals surface area contributed by atoms with Crippen LogP contribution in [0.15, 0.2) is 78.9 Å². The molecule has 7 rings (SSSR count). The van der Waals surface area contributed by atoms with Gasteiger partial charge in [0.25, 0.3) is 0 Å². The van der Waals surface area contributed by atoms with Crippen LogP contribution in [0.5, 0.6) is 5.75 Å². The molecule has 0 bridgehead atoms. The number of rotatable bonds is 8. The molecule has 1 unspecified atom stereocenters. The molecule has 0 aromatic heterocycles. The molecular formula is C37H43N3O5S. The Morgan fingerprint density at radius 2 is 1.70 bits per heavy atom. The highest BCUT2D eigenvalue weighted by Crippen LogP contribution is 2.61. The van der Waals surface area contributed by atoms with E-state index in [1.54, 1.807) is 21.6 Å². The van der Waals surface area contributed by atoms with Crippen LogP contribution >= 0.6 is 11.8 Å². The number of carbonyl (C=O) groups excluding carboxylic acids is 3. The third-order valence-electron chi connectivity index (χ3n) is 10.5. The van der Waals surface area contributed by atoms with Crippen LogP contribution in [0.25, 0.3) is 0 Å². The highest BCUT2D eigenvalue weighted by Gasteiger charge is 2.72. The zero-order valence-electron chi connectivity index (χ0n) is 26.4. The lowest BCUT2D eigenvalue weighted by Gasteiger charge is -2.41. The largest absolute Gasteiger partial charge is 0.494 e. The maximum Gasteiger partial charge on any atom is 0.247 e. The molecule has 1 aliphatic carbocycles. The number of likely N-dealkylation sites (tertiary alicyclic amines) is 1. The molecule has 0 radical (unpaired) electrons. The number of nitrogens with zero attached hydrogens (tertiary/aromatic N) is 3. The smallest absolute Gasteiger partial charge is 0.247 e. The summed E-state index contributed by atoms with van der Waals surface area (Å²) in [5.41, 5.74) is 1.73. The van der Waals surface area contributed by atoms with Gasteiger partial charge in [0, 0.05) is 30.1 Å². The van der Waals surface area contributed by atoms with Gasteiger partial charge >= 0.3 is 0 Å². The highest BCUT2D eigenvalue weighted by atomic mass is 32.2. The molecule has 8 nitrogen and oxygen atoms in total. The Kier molecular flexibility index (Phi) is 8.72. The standard InChI is InChI=1S/C37H43N3O5S/c1-2-45-29-18-16-27(17-19-29)38-21-9-15-30-31(34(38)42)32-35(43)40(28(24-41)23-25-11-5-3-6-12-25)33-36(44)39(26-13-7-4-8-14-26)22-10-20-37(32,33)46-30/h3,5-6,9-12,15-20,26,28,30-33,41H,2,4,7-8,13-14,21-24H2,1H3/t28-,30-,31+,32+,33?,37+/m1/s1. The molecule has 3 fully saturated rings. The minimum Gasteiger partial charge on any atom is -0.494 e. The van der Waals surface area contributed by atoms with Crippen LogP contribution in [0.1, 0.15) is 44.6 Å². The van der Waals surface area contributed by atoms with E-state index in [4.69, 9.17) is 4.74 Å². The van der Waals surface area contributed by atoms with Gasteiger partial charge in [-0.3, -0.25) is 14.4 Å². The second kappa shape index (κ2) is 12.9. The van der Waals surface area contributed by atoms with E-state index >= 15 is 0 Å². The van der Waals surface area contributed by atoms with E-state index in [9.17, 15) is 19.5 Å². The number of thioether (sulfide) groups is 1. The monoisotopic (exact) mass is 641 g/mol. The zero-order valence-corrected chi connectivity index (χ0v) is 27.2. The van der Waals surface area contributed by atoms with Crippen molar-refractivity contribution in [1.82, 2.24) is 9.80 Å². The normalized spacial score (nSPS) is 30.1. The Labute approximate surface area is 275 Å². The molecule has 6 atom stereocenters. The zero-order chi connectivity index (χ0) is 31.8. The molecule has 1 spiro atoms. The molecule has 9 heteroatoms. The number of anilines is 1. The molecule has 4 aliphatic heterocycles. The number of hydrogen-bond donors (Lipinski definition) is 1. The number of hydrogen-bond acceptors (Lipinski definition) is 6. The molecule has 2 aromatic rings. The van der Waals surface area contributed by atoms with Crippen molar-refractivity contribution < 1.29 is 24.2 Å². The van der Waals surface area contributed by atoms with Gasteiger partial charge in [-0.25, -0.2) is 0 Å². The summed E-state index contributed by atoms with van der Waals surface area (Å²) in [6.07, 6.45) is 13.9. The third kappa shape index (κ3) is 5.25. The molecular weight excluding hydrogens is 598 g/mol. The fraction of sp³-hybridized carbons (Fsp3) is 0.486. The van der Waals surface area contributed by atoms with Gasteiger partial charge in [-0.15, -0.1) is 11.8 Å². The fourth-order valence-electron chi connectivity index (χ4n) is 8.47. The lowest BCUT2D eigenvalue weighted by molar-refractivity contribution is -0.147. The summed E-state index contributed by atoms with van der Waals surface area (Å²) in [5, 5.41) is 10.6. The average molecular weight is 642 g/mol. The van der Waals surface area contributed by atoms with Gasteiger partial charge in [0.1, 0.15) is 11.8 Å². The number of aliphatic hydroxyl groups is 1. The summed E-state index contributed by atoms with van der Waals surface area (Å²) in [5.74, 6) is -1.02. The maximum absolute atomic E-state index is 14.9. The number of carbonyl (C=O) groups is 3. The van der Waals surface area contributed by atoms with Gasteiger partial charge in [0.2, 0.25) is 17.7 Å². The Morgan fingerprint density at radius 3 is 2.41 bits per heavy atom. The van der Waals surface area contributed by atoms with Crippen molar-refractivity contribution in [2.75, 3.05) is 31.2 Å². The average Bonchev–Trinajstić information content (AvgIpc) is 3.40. The number of aliphatic hydroxyl groups excluding tert-OH is 1. The van der Waals surface area contributed by atoms with Crippen molar-refractivity contribution in [2.24, 2.45) is 11.8 Å². The van der Waals surface area contributed by atoms with Gasteiger partial charge in [0.05, 0.1) is 35.8 Å². The first-order chi connectivity index (χ1) is 22.5. The van der Waals surface area contributed by atoms with E-state index in [0.717, 1.165) is 42.7 Å². The maximum atomic E-state index is 14.9. The quantitative estimate of drug-likeness (QED) is 0.424. The number of benzene rings is 2. The third-order valence-corrected chi connectivity index (χ3v) is 12.3. The van der Waals surface area contributed by atoms with Crippen molar-refractivity contribution in [3.63, 3.8) is 0 Å². The summed E-state index contributed by atoms with van der Waals surface area (Å²) in [6, 6.07) is 16.1. The Balaban J connectivity index is 1.29. The van der Waals surface area contributed by atoms with Crippen molar-refractivity contribution in [3.8, 4) is 5.75 Å². The van der Waals surface area contributed by atoms with Crippen molar-refractivity contribution in [3.05, 3.63) is 84.5 Å². The lowest BCUT2D eigenvalue weighted by atomic mass is 9.78. The lowest BCUT2D eigenvalue weighted by Crippen LogP contribution is -2.58. The van der Waals surface area contributed by atoms with Crippen molar-refractivity contribution in [2.45, 2.75) is 73.6 Å². The van der Waals surface area contributed by atoms with Gasteiger partial charge in [-0.05, 0) is 56.0 Å². The van der Waals surface area contributed by atoms with Crippen LogP contribution in [0.2, 0.25) is 0 Å². The number of ether oxygens (including phenoxy) is 1. The molecule has 3 amide bonds. The Hall–Kier alpha value is -3.56. The second-order valence-corrected chi connectivity index (χ2v) is 14.6. The van der Waals surface area contributed by atoms with Crippen LogP contribution in [-0.2, 0) is 20.8 Å². The molecule has 242 valence electrons. The summed E-state index contributed by atoms with van der Waals surface area (Å²) in [4.78, 5) is 49.9. The minimum absolute atomic E-state index is 0.0528. The Morgan fingerprint density at radius 1 is 0.935 bits per heavy atom. The van der Waals surface area contributed by atoms with Crippen LogP contribution in [-0.4, -0.2) is 87.1 Å². The predicted octanol–water partition coefficient (Wildman–Crippen LogP) is 4.62. The van der Waals surface area contributed by atoms with Crippen LogP contribution in [0.3, 0.4) is 0 Å². The van der Waals surface area contributed by atoms with E-state index in [2.05, 4.69) is 18.2 Å². The van der Waals surface area contributed by atoms with Crippen LogP contribution in [0.4, 0.5) is 5.69 Å². The van der Waals surface area contributed by atoms with E-state index in [-0.39, 0.29) is 35.6 Å². The summed E-state index contributed by atoms with van der Waals surface area (Å²) >= 11 is 1.59. The first-order valence-electron chi connectivity index (χ1n) is 16.8.